The number of ether oxygens (including phenoxy) is 1. The summed E-state index contributed by atoms with van der Waals surface area (Å²) in [5.74, 6) is 0. The molecule has 7 heteroatoms. The average molecular weight is 326 g/mol. The lowest BCUT2D eigenvalue weighted by molar-refractivity contribution is 0.0108. The maximum atomic E-state index is 11.9. The summed E-state index contributed by atoms with van der Waals surface area (Å²) in [5.41, 5.74) is 1.15. The van der Waals surface area contributed by atoms with Gasteiger partial charge in [0.2, 0.25) is 0 Å². The van der Waals surface area contributed by atoms with E-state index in [-0.39, 0.29) is 10.4 Å². The number of nitrogens with zero attached hydrogens (tertiary/aromatic N) is 1. The number of fused-ring (bicyclic) bond motifs is 1. The maximum Gasteiger partial charge on any atom is 0.178 e. The zero-order chi connectivity index (χ0) is 15.3. The number of benzene rings is 1. The first-order valence-corrected chi connectivity index (χ1v) is 9.15. The minimum Gasteiger partial charge on any atom is -0.379 e. The molecule has 2 heterocycles. The number of aromatic nitrogens is 2. The molecule has 0 radical (unpaired) electrons. The molecule has 1 fully saturated rings. The normalized spacial score (nSPS) is 23.5. The van der Waals surface area contributed by atoms with Gasteiger partial charge in [-0.25, -0.2) is 8.42 Å². The number of imidazole rings is 1. The van der Waals surface area contributed by atoms with Crippen LogP contribution < -0.4 is 0 Å². The van der Waals surface area contributed by atoms with Crippen molar-refractivity contribution in [3.8, 4) is 0 Å². The average Bonchev–Trinajstić information content (AvgIpc) is 2.74. The van der Waals surface area contributed by atoms with Crippen LogP contribution in [0.15, 0.2) is 23.1 Å². The minimum atomic E-state index is -3.31. The number of rotatable bonds is 2. The highest BCUT2D eigenvalue weighted by molar-refractivity contribution is 7.91. The topological polar surface area (TPSA) is 64.1 Å². The van der Waals surface area contributed by atoms with Gasteiger partial charge in [0.05, 0.1) is 28.1 Å². The standard InChI is InChI=1S/C14H18N2O3S2/c1-14(7-4-8-19-9-14)16-10-5-3-6-11(21(2,17)18)12(10)15-13(16)20/h3,5-6H,4,7-9H2,1-2H3,(H,15,20). The van der Waals surface area contributed by atoms with E-state index in [0.717, 1.165) is 25.0 Å². The molecule has 1 saturated heterocycles. The first kappa shape index (κ1) is 14.7. The summed E-state index contributed by atoms with van der Waals surface area (Å²) in [6.07, 6.45) is 3.13. The Morgan fingerprint density at radius 1 is 1.43 bits per heavy atom. The van der Waals surface area contributed by atoms with E-state index in [4.69, 9.17) is 17.0 Å². The third-order valence-corrected chi connectivity index (χ3v) is 5.46. The Kier molecular flexibility index (Phi) is 3.46. The van der Waals surface area contributed by atoms with Crippen molar-refractivity contribution in [2.45, 2.75) is 30.2 Å². The molecule has 0 bridgehead atoms. The molecule has 0 amide bonds. The molecule has 1 atom stereocenters. The Bertz CT molecular complexity index is 843. The van der Waals surface area contributed by atoms with Crippen LogP contribution >= 0.6 is 12.2 Å². The van der Waals surface area contributed by atoms with Crippen LogP contribution in [0.5, 0.6) is 0 Å². The van der Waals surface area contributed by atoms with Crippen LogP contribution in [-0.2, 0) is 20.1 Å². The summed E-state index contributed by atoms with van der Waals surface area (Å²) in [6, 6.07) is 5.26. The molecule has 1 aromatic heterocycles. The molecular weight excluding hydrogens is 308 g/mol. The Labute approximate surface area is 128 Å². The summed E-state index contributed by atoms with van der Waals surface area (Å²) >= 11 is 5.45. The fourth-order valence-corrected chi connectivity index (χ4v) is 4.32. The van der Waals surface area contributed by atoms with E-state index >= 15 is 0 Å². The molecule has 3 rings (SSSR count). The monoisotopic (exact) mass is 326 g/mol. The van der Waals surface area contributed by atoms with Crippen molar-refractivity contribution < 1.29 is 13.2 Å². The van der Waals surface area contributed by atoms with Crippen molar-refractivity contribution in [2.75, 3.05) is 19.5 Å². The van der Waals surface area contributed by atoms with E-state index in [1.807, 2.05) is 10.6 Å². The second-order valence-electron chi connectivity index (χ2n) is 5.84. The largest absolute Gasteiger partial charge is 0.379 e. The van der Waals surface area contributed by atoms with Gasteiger partial charge in [-0.15, -0.1) is 0 Å². The van der Waals surface area contributed by atoms with Crippen LogP contribution in [0, 0.1) is 4.77 Å². The molecule has 0 aliphatic carbocycles. The van der Waals surface area contributed by atoms with Crippen LogP contribution in [-0.4, -0.2) is 37.4 Å². The first-order valence-electron chi connectivity index (χ1n) is 6.85. The molecule has 21 heavy (non-hydrogen) atoms. The van der Waals surface area contributed by atoms with Gasteiger partial charge in [-0.2, -0.15) is 0 Å². The third kappa shape index (κ3) is 2.43. The Morgan fingerprint density at radius 3 is 2.81 bits per heavy atom. The van der Waals surface area contributed by atoms with E-state index in [1.54, 1.807) is 12.1 Å². The quantitative estimate of drug-likeness (QED) is 0.862. The Hall–Kier alpha value is -1.18. The van der Waals surface area contributed by atoms with Crippen molar-refractivity contribution in [1.82, 2.24) is 9.55 Å². The van der Waals surface area contributed by atoms with Gasteiger partial charge in [0.25, 0.3) is 0 Å². The molecule has 1 unspecified atom stereocenters. The van der Waals surface area contributed by atoms with Gasteiger partial charge in [-0.1, -0.05) is 6.07 Å². The van der Waals surface area contributed by atoms with Crippen LogP contribution in [0.4, 0.5) is 0 Å². The number of nitrogens with one attached hydrogen (secondary N) is 1. The predicted molar refractivity (Wildman–Crippen MR) is 83.9 cm³/mol. The highest BCUT2D eigenvalue weighted by Crippen LogP contribution is 2.32. The van der Waals surface area contributed by atoms with E-state index in [9.17, 15) is 8.42 Å². The molecule has 0 spiro atoms. The van der Waals surface area contributed by atoms with Gasteiger partial charge in [-0.3, -0.25) is 0 Å². The van der Waals surface area contributed by atoms with Crippen LogP contribution in [0.2, 0.25) is 0 Å². The number of H-pyrrole nitrogens is 1. The van der Waals surface area contributed by atoms with E-state index in [0.29, 0.717) is 16.9 Å². The van der Waals surface area contributed by atoms with E-state index in [1.165, 1.54) is 6.26 Å². The predicted octanol–water partition coefficient (Wildman–Crippen LogP) is 2.63. The highest BCUT2D eigenvalue weighted by atomic mass is 32.2. The van der Waals surface area contributed by atoms with Crippen molar-refractivity contribution >= 4 is 33.1 Å². The zero-order valence-corrected chi connectivity index (χ0v) is 13.7. The Morgan fingerprint density at radius 2 is 2.19 bits per heavy atom. The molecule has 114 valence electrons. The highest BCUT2D eigenvalue weighted by Gasteiger charge is 2.32. The van der Waals surface area contributed by atoms with E-state index in [2.05, 4.69) is 11.9 Å². The van der Waals surface area contributed by atoms with Gasteiger partial charge in [0.1, 0.15) is 0 Å². The number of hydrogen-bond donors (Lipinski definition) is 1. The lowest BCUT2D eigenvalue weighted by Crippen LogP contribution is -2.39. The summed E-state index contributed by atoms with van der Waals surface area (Å²) in [6.45, 7) is 3.44. The third-order valence-electron chi connectivity index (χ3n) is 4.04. The van der Waals surface area contributed by atoms with E-state index < -0.39 is 9.84 Å². The number of para-hydroxylation sites is 1. The zero-order valence-electron chi connectivity index (χ0n) is 12.0. The number of aromatic amines is 1. The summed E-state index contributed by atoms with van der Waals surface area (Å²) in [7, 11) is -3.31. The number of sulfone groups is 1. The molecular formula is C14H18N2O3S2. The van der Waals surface area contributed by atoms with Crippen LogP contribution in [0.1, 0.15) is 19.8 Å². The van der Waals surface area contributed by atoms with Crippen LogP contribution in [0.25, 0.3) is 11.0 Å². The van der Waals surface area contributed by atoms with Crippen molar-refractivity contribution in [3.05, 3.63) is 23.0 Å². The molecule has 5 nitrogen and oxygen atoms in total. The molecule has 1 aliphatic heterocycles. The summed E-state index contributed by atoms with van der Waals surface area (Å²) in [5, 5.41) is 0. The van der Waals surface area contributed by atoms with Crippen LogP contribution in [0.3, 0.4) is 0 Å². The Balaban J connectivity index is 2.31. The SMILES string of the molecule is CC1(n2c(=S)[nH]c3c(S(C)(=O)=O)cccc32)CCCOC1. The summed E-state index contributed by atoms with van der Waals surface area (Å²) < 4.78 is 32.0. The molecule has 2 aromatic rings. The maximum absolute atomic E-state index is 11.9. The van der Waals surface area contributed by atoms with Gasteiger partial charge in [0.15, 0.2) is 14.6 Å². The van der Waals surface area contributed by atoms with Crippen molar-refractivity contribution in [2.24, 2.45) is 0 Å². The minimum absolute atomic E-state index is 0.246. The lowest BCUT2D eigenvalue weighted by atomic mass is 9.94. The van der Waals surface area contributed by atoms with Crippen molar-refractivity contribution in [1.29, 1.82) is 0 Å². The molecule has 1 aliphatic rings. The second kappa shape index (κ2) is 4.93. The van der Waals surface area contributed by atoms with Gasteiger partial charge in [-0.05, 0) is 44.1 Å². The fourth-order valence-electron chi connectivity index (χ4n) is 3.04. The molecule has 0 saturated carbocycles. The first-order chi connectivity index (χ1) is 9.83. The summed E-state index contributed by atoms with van der Waals surface area (Å²) in [4.78, 5) is 3.35. The second-order valence-corrected chi connectivity index (χ2v) is 8.21. The van der Waals surface area contributed by atoms with Gasteiger partial charge >= 0.3 is 0 Å². The van der Waals surface area contributed by atoms with Gasteiger partial charge in [0, 0.05) is 12.9 Å². The smallest absolute Gasteiger partial charge is 0.178 e. The van der Waals surface area contributed by atoms with Gasteiger partial charge < -0.3 is 14.3 Å². The molecule has 1 aromatic carbocycles. The lowest BCUT2D eigenvalue weighted by Gasteiger charge is -2.35. The number of hydrogen-bond acceptors (Lipinski definition) is 4. The van der Waals surface area contributed by atoms with Crippen molar-refractivity contribution in [3.63, 3.8) is 0 Å². The fraction of sp³-hybridized carbons (Fsp3) is 0.500. The molecule has 1 N–H and O–H groups in total.